The topological polar surface area (TPSA) is 24.5 Å². The van der Waals surface area contributed by atoms with E-state index in [1.54, 1.807) is 23.5 Å². The highest BCUT2D eigenvalue weighted by Crippen LogP contribution is 2.33. The Hall–Kier alpha value is -1.35. The quantitative estimate of drug-likeness (QED) is 0.714. The molecule has 9 heteroatoms. The van der Waals surface area contributed by atoms with Gasteiger partial charge in [0.1, 0.15) is 5.75 Å². The van der Waals surface area contributed by atoms with Gasteiger partial charge in [0.05, 0.1) is 6.04 Å². The van der Waals surface area contributed by atoms with Gasteiger partial charge in [0.15, 0.2) is 0 Å². The summed E-state index contributed by atoms with van der Waals surface area (Å²) in [5.74, 6) is -0.279. The summed E-state index contributed by atoms with van der Waals surface area (Å²) in [5.41, 5.74) is 2.03. The first-order valence-electron chi connectivity index (χ1n) is 7.89. The Morgan fingerprint density at radius 2 is 1.69 bits per heavy atom. The predicted molar refractivity (Wildman–Crippen MR) is 95.9 cm³/mol. The highest BCUT2D eigenvalue weighted by atomic mass is 35.5. The molecule has 1 aromatic carbocycles. The molecule has 1 aliphatic heterocycles. The Bertz CT molecular complexity index is 664. The lowest BCUT2D eigenvalue weighted by Crippen LogP contribution is -2.45. The summed E-state index contributed by atoms with van der Waals surface area (Å²) in [6, 6.07) is 7.97. The highest BCUT2D eigenvalue weighted by molar-refractivity contribution is 7.08. The third kappa shape index (κ3) is 4.88. The zero-order valence-corrected chi connectivity index (χ0v) is 15.3. The molecule has 1 saturated heterocycles. The lowest BCUT2D eigenvalue weighted by atomic mass is 9.98. The molecule has 0 saturated carbocycles. The highest BCUT2D eigenvalue weighted by Gasteiger charge is 2.44. The molecule has 2 aromatic rings. The van der Waals surface area contributed by atoms with Crippen molar-refractivity contribution >= 4 is 23.7 Å². The molecule has 1 aliphatic rings. The van der Waals surface area contributed by atoms with E-state index in [0.717, 1.165) is 37.3 Å². The van der Waals surface area contributed by atoms with Gasteiger partial charge in [-0.3, -0.25) is 4.90 Å². The molecule has 0 unspecified atom stereocenters. The van der Waals surface area contributed by atoms with Crippen molar-refractivity contribution in [1.82, 2.24) is 10.2 Å². The van der Waals surface area contributed by atoms with Crippen molar-refractivity contribution in [1.29, 1.82) is 0 Å². The molecule has 0 bridgehead atoms. The smallest absolute Gasteiger partial charge is 0.428 e. The van der Waals surface area contributed by atoms with Crippen LogP contribution in [0.3, 0.4) is 0 Å². The Labute approximate surface area is 159 Å². The maximum absolute atomic E-state index is 13.0. The number of piperazine rings is 1. The van der Waals surface area contributed by atoms with Crippen molar-refractivity contribution in [3.05, 3.63) is 52.2 Å². The van der Waals surface area contributed by atoms with Gasteiger partial charge < -0.3 is 10.1 Å². The molecule has 144 valence electrons. The van der Waals surface area contributed by atoms with Crippen LogP contribution >= 0.6 is 23.7 Å². The van der Waals surface area contributed by atoms with Crippen LogP contribution in [0.5, 0.6) is 5.75 Å². The molecular weight excluding hydrogens is 392 g/mol. The minimum atomic E-state index is -4.49. The van der Waals surface area contributed by atoms with Gasteiger partial charge in [-0.15, -0.1) is 12.4 Å². The summed E-state index contributed by atoms with van der Waals surface area (Å²) in [6.45, 7) is 3.48. The number of ether oxygens (including phenoxy) is 1. The predicted octanol–water partition coefficient (Wildman–Crippen LogP) is 4.40. The van der Waals surface area contributed by atoms with Crippen LogP contribution in [0.15, 0.2) is 41.1 Å². The van der Waals surface area contributed by atoms with Crippen molar-refractivity contribution in [2.45, 2.75) is 18.6 Å². The van der Waals surface area contributed by atoms with E-state index in [1.165, 1.54) is 12.1 Å². The molecule has 0 aliphatic carbocycles. The zero-order chi connectivity index (χ0) is 17.9. The number of halogens is 5. The Kier molecular flexibility index (Phi) is 7.28. The second-order valence-electron chi connectivity index (χ2n) is 5.78. The fourth-order valence-corrected chi connectivity index (χ4v) is 3.58. The van der Waals surface area contributed by atoms with Gasteiger partial charge in [-0.25, -0.2) is 0 Å². The normalized spacial score (nSPS) is 17.0. The van der Waals surface area contributed by atoms with E-state index >= 15 is 0 Å². The van der Waals surface area contributed by atoms with Gasteiger partial charge in [0, 0.05) is 26.2 Å². The van der Waals surface area contributed by atoms with E-state index in [2.05, 4.69) is 20.3 Å². The lowest BCUT2D eigenvalue weighted by Gasteiger charge is -2.35. The van der Waals surface area contributed by atoms with Crippen molar-refractivity contribution < 1.29 is 22.3 Å². The van der Waals surface area contributed by atoms with Crippen LogP contribution in [0, 0.1) is 0 Å². The summed E-state index contributed by atoms with van der Waals surface area (Å²) in [4.78, 5) is 2.31. The molecule has 3 nitrogen and oxygen atoms in total. The van der Waals surface area contributed by atoms with Gasteiger partial charge in [-0.05, 0) is 40.1 Å². The number of nitrogens with one attached hydrogen (secondary N) is 1. The molecule has 3 rings (SSSR count). The maximum atomic E-state index is 13.0. The van der Waals surface area contributed by atoms with Crippen LogP contribution in [0.4, 0.5) is 17.6 Å². The summed E-state index contributed by atoms with van der Waals surface area (Å²) < 4.78 is 54.7. The molecule has 0 radical (unpaired) electrons. The van der Waals surface area contributed by atoms with Crippen molar-refractivity contribution in [2.75, 3.05) is 26.2 Å². The Morgan fingerprint density at radius 1 is 1.04 bits per heavy atom. The fourth-order valence-electron chi connectivity index (χ4n) is 2.90. The van der Waals surface area contributed by atoms with E-state index in [0.29, 0.717) is 0 Å². The van der Waals surface area contributed by atoms with E-state index in [-0.39, 0.29) is 24.2 Å². The molecule has 1 fully saturated rings. The first kappa shape index (κ1) is 21.0. The van der Waals surface area contributed by atoms with Crippen LogP contribution < -0.4 is 10.1 Å². The van der Waals surface area contributed by atoms with Gasteiger partial charge in [0.25, 0.3) is 0 Å². The second kappa shape index (κ2) is 9.03. The maximum Gasteiger partial charge on any atom is 0.461 e. The van der Waals surface area contributed by atoms with E-state index in [1.807, 2.05) is 11.4 Å². The molecule has 1 N–H and O–H groups in total. The van der Waals surface area contributed by atoms with Crippen molar-refractivity contribution in [3.8, 4) is 5.75 Å². The minimum absolute atomic E-state index is 0. The number of nitrogens with zero attached hydrogens (tertiary/aromatic N) is 1. The summed E-state index contributed by atoms with van der Waals surface area (Å²) >= 11 is 1.59. The number of alkyl halides is 4. The lowest BCUT2D eigenvalue weighted by molar-refractivity contribution is -0.253. The zero-order valence-electron chi connectivity index (χ0n) is 13.7. The Balaban J connectivity index is 0.00000243. The molecular formula is C17H19ClF4N2OS. The largest absolute Gasteiger partial charge is 0.461 e. The van der Waals surface area contributed by atoms with Crippen LogP contribution in [-0.2, 0) is 0 Å². The standard InChI is InChI=1S/C17H18F4N2OS.ClH/c18-16(19)17(20,21)24-14-3-1-12(2-4-14)15(13-5-10-25-11-13)23-8-6-22-7-9-23;/h1-5,10-11,15-16,22H,6-9H2;1H/t15-;/m1./s1. The summed E-state index contributed by atoms with van der Waals surface area (Å²) in [5, 5.41) is 7.35. The fraction of sp³-hybridized carbons (Fsp3) is 0.412. The first-order valence-corrected chi connectivity index (χ1v) is 8.83. The Morgan fingerprint density at radius 3 is 2.23 bits per heavy atom. The molecule has 0 spiro atoms. The van der Waals surface area contributed by atoms with Crippen molar-refractivity contribution in [3.63, 3.8) is 0 Å². The van der Waals surface area contributed by atoms with E-state index in [4.69, 9.17) is 0 Å². The number of hydrogen-bond donors (Lipinski definition) is 1. The average Bonchev–Trinajstić information content (AvgIpc) is 3.11. The van der Waals surface area contributed by atoms with E-state index in [9.17, 15) is 17.6 Å². The van der Waals surface area contributed by atoms with Gasteiger partial charge in [-0.1, -0.05) is 12.1 Å². The van der Waals surface area contributed by atoms with Gasteiger partial charge >= 0.3 is 12.5 Å². The van der Waals surface area contributed by atoms with E-state index < -0.39 is 12.5 Å². The van der Waals surface area contributed by atoms with Gasteiger partial charge in [-0.2, -0.15) is 28.9 Å². The second-order valence-corrected chi connectivity index (χ2v) is 6.56. The minimum Gasteiger partial charge on any atom is -0.428 e. The molecule has 0 amide bonds. The van der Waals surface area contributed by atoms with Crippen LogP contribution in [0.1, 0.15) is 17.2 Å². The molecule has 1 aromatic heterocycles. The number of benzene rings is 1. The summed E-state index contributed by atoms with van der Waals surface area (Å²) in [7, 11) is 0. The average molecular weight is 411 g/mol. The monoisotopic (exact) mass is 410 g/mol. The third-order valence-corrected chi connectivity index (χ3v) is 4.78. The molecule has 1 atom stereocenters. The number of rotatable bonds is 6. The van der Waals surface area contributed by atoms with Gasteiger partial charge in [0.2, 0.25) is 0 Å². The first-order chi connectivity index (χ1) is 12.0. The van der Waals surface area contributed by atoms with Crippen LogP contribution in [-0.4, -0.2) is 43.6 Å². The molecule has 2 heterocycles. The van der Waals surface area contributed by atoms with Crippen molar-refractivity contribution in [2.24, 2.45) is 0 Å². The van der Waals surface area contributed by atoms with Crippen LogP contribution in [0.2, 0.25) is 0 Å². The SMILES string of the molecule is Cl.FC(F)C(F)(F)Oc1ccc([C@H](c2ccsc2)N2CCNCC2)cc1. The molecule has 26 heavy (non-hydrogen) atoms. The third-order valence-electron chi connectivity index (χ3n) is 4.08. The number of thiophene rings is 1. The van der Waals surface area contributed by atoms with Crippen LogP contribution in [0.25, 0.3) is 0 Å². The summed E-state index contributed by atoms with van der Waals surface area (Å²) in [6.07, 6.45) is -8.36. The number of hydrogen-bond acceptors (Lipinski definition) is 4.